The van der Waals surface area contributed by atoms with Gasteiger partial charge in [-0.3, -0.25) is 0 Å². The fourth-order valence-corrected chi connectivity index (χ4v) is 1.93. The number of nitrogens with zero attached hydrogens (tertiary/aromatic N) is 2. The highest BCUT2D eigenvalue weighted by Gasteiger charge is 2.20. The largest absolute Gasteiger partial charge is 0.443 e. The first-order chi connectivity index (χ1) is 8.28. The van der Waals surface area contributed by atoms with Gasteiger partial charge >= 0.3 is 6.09 Å². The van der Waals surface area contributed by atoms with Crippen LogP contribution < -0.4 is 0 Å². The Bertz CT molecular complexity index is 614. The van der Waals surface area contributed by atoms with Crippen molar-refractivity contribution >= 4 is 40.2 Å². The fraction of sp³-hybridized carbons (Fsp3) is 0.333. The van der Waals surface area contributed by atoms with E-state index in [1.807, 2.05) is 0 Å². The first-order valence-corrected chi connectivity index (χ1v) is 6.09. The fourth-order valence-electron chi connectivity index (χ4n) is 1.52. The maximum absolute atomic E-state index is 12.0. The van der Waals surface area contributed by atoms with Crippen LogP contribution in [-0.4, -0.2) is 21.2 Å². The molecule has 0 bridgehead atoms. The van der Waals surface area contributed by atoms with Gasteiger partial charge < -0.3 is 4.74 Å². The van der Waals surface area contributed by atoms with E-state index in [1.165, 1.54) is 17.0 Å². The van der Waals surface area contributed by atoms with Crippen LogP contribution in [0.5, 0.6) is 0 Å². The summed E-state index contributed by atoms with van der Waals surface area (Å²) in [7, 11) is 0. The molecule has 0 saturated carbocycles. The summed E-state index contributed by atoms with van der Waals surface area (Å²) in [6.45, 7) is 5.40. The van der Waals surface area contributed by atoms with Gasteiger partial charge in [0.05, 0.1) is 16.7 Å². The van der Waals surface area contributed by atoms with Crippen LogP contribution >= 0.6 is 23.2 Å². The van der Waals surface area contributed by atoms with E-state index >= 15 is 0 Å². The van der Waals surface area contributed by atoms with Crippen molar-refractivity contribution < 1.29 is 9.53 Å². The van der Waals surface area contributed by atoms with Crippen molar-refractivity contribution in [3.8, 4) is 0 Å². The van der Waals surface area contributed by atoms with E-state index in [-0.39, 0.29) is 0 Å². The lowest BCUT2D eigenvalue weighted by Crippen LogP contribution is -2.26. The van der Waals surface area contributed by atoms with Crippen molar-refractivity contribution in [2.45, 2.75) is 26.4 Å². The number of halogens is 2. The summed E-state index contributed by atoms with van der Waals surface area (Å²) < 4.78 is 6.61. The summed E-state index contributed by atoms with van der Waals surface area (Å²) in [5, 5.41) is 1.43. The zero-order chi connectivity index (χ0) is 13.5. The summed E-state index contributed by atoms with van der Waals surface area (Å²) in [5.74, 6) is 0. The molecule has 2 aromatic heterocycles. The zero-order valence-corrected chi connectivity index (χ0v) is 11.7. The van der Waals surface area contributed by atoms with Crippen LogP contribution in [-0.2, 0) is 4.74 Å². The van der Waals surface area contributed by atoms with Gasteiger partial charge in [-0.25, -0.2) is 14.3 Å². The topological polar surface area (TPSA) is 44.1 Å². The average Bonchev–Trinajstić information content (AvgIpc) is 2.54. The molecule has 0 aliphatic rings. The number of pyridine rings is 1. The highest BCUT2D eigenvalue weighted by atomic mass is 35.5. The van der Waals surface area contributed by atoms with Crippen molar-refractivity contribution in [2.24, 2.45) is 0 Å². The predicted molar refractivity (Wildman–Crippen MR) is 71.4 cm³/mol. The van der Waals surface area contributed by atoms with Crippen molar-refractivity contribution in [1.82, 2.24) is 9.55 Å². The van der Waals surface area contributed by atoms with E-state index in [0.29, 0.717) is 21.1 Å². The van der Waals surface area contributed by atoms with Gasteiger partial charge in [-0.2, -0.15) is 0 Å². The van der Waals surface area contributed by atoms with Crippen LogP contribution in [0.25, 0.3) is 10.9 Å². The highest BCUT2D eigenvalue weighted by molar-refractivity contribution is 6.37. The van der Waals surface area contributed by atoms with Gasteiger partial charge in [-0.1, -0.05) is 23.2 Å². The Morgan fingerprint density at radius 1 is 1.39 bits per heavy atom. The third-order valence-corrected chi connectivity index (χ3v) is 2.71. The number of carbonyl (C=O) groups is 1. The van der Waals surface area contributed by atoms with E-state index in [4.69, 9.17) is 27.9 Å². The van der Waals surface area contributed by atoms with Crippen molar-refractivity contribution in [3.05, 3.63) is 28.6 Å². The number of hydrogen-bond acceptors (Lipinski definition) is 3. The SMILES string of the molecule is CC(C)(C)OC(=O)n1cc(Cl)c2cc(Cl)ncc21. The molecular formula is C12H12Cl2N2O2. The minimum absolute atomic E-state index is 0.325. The standard InChI is InChI=1S/C12H12Cl2N2O2/c1-12(2,3)18-11(17)16-6-8(13)7-4-10(14)15-5-9(7)16/h4-6H,1-3H3. The Morgan fingerprint density at radius 3 is 2.67 bits per heavy atom. The Labute approximate surface area is 114 Å². The summed E-state index contributed by atoms with van der Waals surface area (Å²) in [4.78, 5) is 15.9. The molecule has 0 spiro atoms. The Balaban J connectivity index is 2.49. The van der Waals surface area contributed by atoms with E-state index in [9.17, 15) is 4.79 Å². The second-order valence-electron chi connectivity index (χ2n) is 4.85. The molecular weight excluding hydrogens is 275 g/mol. The van der Waals surface area contributed by atoms with Crippen molar-refractivity contribution in [2.75, 3.05) is 0 Å². The van der Waals surface area contributed by atoms with Gasteiger partial charge in [0.1, 0.15) is 10.8 Å². The third-order valence-electron chi connectivity index (χ3n) is 2.20. The number of fused-ring (bicyclic) bond motifs is 1. The Kier molecular flexibility index (Phi) is 3.25. The summed E-state index contributed by atoms with van der Waals surface area (Å²) >= 11 is 11.8. The molecule has 0 aliphatic carbocycles. The summed E-state index contributed by atoms with van der Waals surface area (Å²) in [6.07, 6.45) is 2.50. The molecule has 2 heterocycles. The molecule has 0 aliphatic heterocycles. The van der Waals surface area contributed by atoms with Crippen LogP contribution in [0.15, 0.2) is 18.5 Å². The smallest absolute Gasteiger partial charge is 0.419 e. The molecule has 0 fully saturated rings. The lowest BCUT2D eigenvalue weighted by Gasteiger charge is -2.19. The minimum Gasteiger partial charge on any atom is -0.443 e. The van der Waals surface area contributed by atoms with Crippen LogP contribution in [0.1, 0.15) is 20.8 Å². The second kappa shape index (κ2) is 4.44. The van der Waals surface area contributed by atoms with Gasteiger partial charge in [0.25, 0.3) is 0 Å². The number of carbonyl (C=O) groups excluding carboxylic acids is 1. The van der Waals surface area contributed by atoms with Crippen LogP contribution in [0.3, 0.4) is 0 Å². The predicted octanol–water partition coefficient (Wildman–Crippen LogP) is 4.13. The quantitative estimate of drug-likeness (QED) is 0.684. The van der Waals surface area contributed by atoms with Crippen LogP contribution in [0.2, 0.25) is 10.2 Å². The van der Waals surface area contributed by atoms with Gasteiger partial charge in [0, 0.05) is 11.6 Å². The Hall–Kier alpha value is -1.26. The molecule has 0 aromatic carbocycles. The van der Waals surface area contributed by atoms with E-state index in [2.05, 4.69) is 4.98 Å². The number of rotatable bonds is 0. The van der Waals surface area contributed by atoms with E-state index < -0.39 is 11.7 Å². The van der Waals surface area contributed by atoms with Crippen LogP contribution in [0.4, 0.5) is 4.79 Å². The maximum atomic E-state index is 12.0. The van der Waals surface area contributed by atoms with E-state index in [1.54, 1.807) is 26.8 Å². The van der Waals surface area contributed by atoms with E-state index in [0.717, 1.165) is 0 Å². The molecule has 0 radical (unpaired) electrons. The van der Waals surface area contributed by atoms with Gasteiger partial charge in [0.15, 0.2) is 0 Å². The molecule has 0 saturated heterocycles. The zero-order valence-electron chi connectivity index (χ0n) is 10.2. The van der Waals surface area contributed by atoms with Gasteiger partial charge in [-0.15, -0.1) is 0 Å². The molecule has 96 valence electrons. The van der Waals surface area contributed by atoms with Crippen molar-refractivity contribution in [1.29, 1.82) is 0 Å². The number of hydrogen-bond donors (Lipinski definition) is 0. The highest BCUT2D eigenvalue weighted by Crippen LogP contribution is 2.27. The first-order valence-electron chi connectivity index (χ1n) is 5.33. The monoisotopic (exact) mass is 286 g/mol. The first kappa shape index (κ1) is 13.2. The second-order valence-corrected chi connectivity index (χ2v) is 5.65. The maximum Gasteiger partial charge on any atom is 0.419 e. The Morgan fingerprint density at radius 2 is 2.06 bits per heavy atom. The number of ether oxygens (including phenoxy) is 1. The lowest BCUT2D eigenvalue weighted by atomic mass is 10.2. The molecule has 18 heavy (non-hydrogen) atoms. The molecule has 2 rings (SSSR count). The minimum atomic E-state index is -0.569. The molecule has 0 unspecified atom stereocenters. The van der Waals surface area contributed by atoms with Gasteiger partial charge in [0.2, 0.25) is 0 Å². The van der Waals surface area contributed by atoms with Crippen LogP contribution in [0, 0.1) is 0 Å². The number of aromatic nitrogens is 2. The summed E-state index contributed by atoms with van der Waals surface area (Å²) in [5.41, 5.74) is -0.00124. The summed E-state index contributed by atoms with van der Waals surface area (Å²) in [6, 6.07) is 1.61. The third kappa shape index (κ3) is 2.60. The van der Waals surface area contributed by atoms with Gasteiger partial charge in [-0.05, 0) is 26.8 Å². The average molecular weight is 287 g/mol. The van der Waals surface area contributed by atoms with Crippen molar-refractivity contribution in [3.63, 3.8) is 0 Å². The molecule has 2 aromatic rings. The molecule has 6 heteroatoms. The lowest BCUT2D eigenvalue weighted by molar-refractivity contribution is 0.0544. The molecule has 0 atom stereocenters. The molecule has 4 nitrogen and oxygen atoms in total. The normalized spacial score (nSPS) is 11.8. The molecule has 0 amide bonds. The molecule has 0 N–H and O–H groups in total.